The number of carbonyl (C=O) groups is 2. The van der Waals surface area contributed by atoms with Crippen LogP contribution >= 0.6 is 23.4 Å². The van der Waals surface area contributed by atoms with Crippen LogP contribution in [0.4, 0.5) is 11.4 Å². The van der Waals surface area contributed by atoms with E-state index in [0.29, 0.717) is 15.9 Å². The summed E-state index contributed by atoms with van der Waals surface area (Å²) in [5.41, 5.74) is 2.47. The maximum Gasteiger partial charge on any atom is 0.240 e. The number of hydrogen-bond donors (Lipinski definition) is 2. The van der Waals surface area contributed by atoms with Crippen molar-refractivity contribution in [2.24, 2.45) is 4.99 Å². The molecule has 3 rings (SSSR count). The van der Waals surface area contributed by atoms with Crippen LogP contribution in [-0.4, -0.2) is 22.2 Å². The number of aryl methyl sites for hydroxylation is 1. The number of nitrogens with one attached hydrogen (secondary N) is 2. The Hall–Kier alpha value is -2.31. The lowest BCUT2D eigenvalue weighted by molar-refractivity contribution is -0.122. The standard InChI is InChI=1S/C18H16ClN3O2S/c1-11-4-2-6-13(8-11)21-18-22-17(24)15(25-18)10-16(23)20-14-7-3-5-12(19)9-14/h2-9,15H,10H2,1H3,(H,20,23)(H,21,22,24)/t15-/m0/s1. The maximum absolute atomic E-state index is 12.1. The molecule has 1 atom stereocenters. The number of anilines is 1. The highest BCUT2D eigenvalue weighted by Crippen LogP contribution is 2.26. The summed E-state index contributed by atoms with van der Waals surface area (Å²) in [6.07, 6.45) is 0.0653. The van der Waals surface area contributed by atoms with Crippen LogP contribution in [-0.2, 0) is 9.59 Å². The lowest BCUT2D eigenvalue weighted by Gasteiger charge is -2.07. The molecule has 1 aliphatic heterocycles. The van der Waals surface area contributed by atoms with Crippen molar-refractivity contribution in [2.45, 2.75) is 18.6 Å². The Balaban J connectivity index is 1.62. The van der Waals surface area contributed by atoms with Crippen LogP contribution in [0.25, 0.3) is 0 Å². The van der Waals surface area contributed by atoms with Gasteiger partial charge in [0, 0.05) is 17.1 Å². The summed E-state index contributed by atoms with van der Waals surface area (Å²) in [4.78, 5) is 28.6. The molecule has 0 radical (unpaired) electrons. The van der Waals surface area contributed by atoms with E-state index in [9.17, 15) is 9.59 Å². The smallest absolute Gasteiger partial charge is 0.240 e. The van der Waals surface area contributed by atoms with Gasteiger partial charge < -0.3 is 10.6 Å². The minimum Gasteiger partial charge on any atom is -0.326 e. The van der Waals surface area contributed by atoms with Crippen LogP contribution in [0.2, 0.25) is 5.02 Å². The van der Waals surface area contributed by atoms with Gasteiger partial charge in [-0.3, -0.25) is 9.59 Å². The predicted molar refractivity (Wildman–Crippen MR) is 102 cm³/mol. The molecule has 25 heavy (non-hydrogen) atoms. The van der Waals surface area contributed by atoms with Gasteiger partial charge in [0.25, 0.3) is 0 Å². The number of benzene rings is 2. The number of halogens is 1. The number of amides is 2. The fourth-order valence-corrected chi connectivity index (χ4v) is 3.53. The summed E-state index contributed by atoms with van der Waals surface area (Å²) in [6.45, 7) is 1.98. The number of rotatable bonds is 4. The van der Waals surface area contributed by atoms with Gasteiger partial charge in [-0.25, -0.2) is 4.99 Å². The Morgan fingerprint density at radius 3 is 2.84 bits per heavy atom. The van der Waals surface area contributed by atoms with Crippen LogP contribution in [0.15, 0.2) is 53.5 Å². The summed E-state index contributed by atoms with van der Waals surface area (Å²) >= 11 is 7.16. The van der Waals surface area contributed by atoms with Crippen molar-refractivity contribution < 1.29 is 9.59 Å². The van der Waals surface area contributed by atoms with Crippen molar-refractivity contribution in [1.29, 1.82) is 0 Å². The van der Waals surface area contributed by atoms with Gasteiger partial charge >= 0.3 is 0 Å². The van der Waals surface area contributed by atoms with E-state index >= 15 is 0 Å². The summed E-state index contributed by atoms with van der Waals surface area (Å²) in [6, 6.07) is 14.6. The maximum atomic E-state index is 12.1. The molecule has 1 saturated heterocycles. The van der Waals surface area contributed by atoms with Crippen molar-refractivity contribution >= 4 is 51.7 Å². The number of aliphatic imine (C=N–C) groups is 1. The van der Waals surface area contributed by atoms with Crippen LogP contribution in [0.3, 0.4) is 0 Å². The molecule has 0 bridgehead atoms. The number of nitrogens with zero attached hydrogens (tertiary/aromatic N) is 1. The van der Waals surface area contributed by atoms with E-state index in [0.717, 1.165) is 11.3 Å². The average molecular weight is 374 g/mol. The molecule has 2 N–H and O–H groups in total. The number of thioether (sulfide) groups is 1. The normalized spacial score (nSPS) is 18.2. The van der Waals surface area contributed by atoms with E-state index in [4.69, 9.17) is 11.6 Å². The molecule has 1 aliphatic rings. The zero-order valence-corrected chi connectivity index (χ0v) is 15.0. The SMILES string of the molecule is Cc1cccc(N=C2NC(=O)[C@H](CC(=O)Nc3cccc(Cl)c3)S2)c1. The second-order valence-electron chi connectivity index (χ2n) is 5.61. The topological polar surface area (TPSA) is 70.6 Å². The quantitative estimate of drug-likeness (QED) is 0.853. The molecule has 1 fully saturated rings. The van der Waals surface area contributed by atoms with Crippen LogP contribution in [0, 0.1) is 6.92 Å². The highest BCUT2D eigenvalue weighted by Gasteiger charge is 2.32. The van der Waals surface area contributed by atoms with Crippen LogP contribution in [0.5, 0.6) is 0 Å². The van der Waals surface area contributed by atoms with E-state index in [1.54, 1.807) is 24.3 Å². The molecule has 0 unspecified atom stereocenters. The zero-order chi connectivity index (χ0) is 17.8. The summed E-state index contributed by atoms with van der Waals surface area (Å²) in [5.74, 6) is -0.454. The Morgan fingerprint density at radius 2 is 2.08 bits per heavy atom. The van der Waals surface area contributed by atoms with Gasteiger partial charge in [-0.05, 0) is 42.8 Å². The minimum atomic E-state index is -0.497. The Bertz CT molecular complexity index is 854. The van der Waals surface area contributed by atoms with Crippen molar-refractivity contribution in [3.63, 3.8) is 0 Å². The second kappa shape index (κ2) is 7.72. The van der Waals surface area contributed by atoms with Crippen molar-refractivity contribution in [1.82, 2.24) is 5.32 Å². The summed E-state index contributed by atoms with van der Waals surface area (Å²) in [5, 5.41) is 6.02. The number of amidine groups is 1. The molecule has 128 valence electrons. The molecule has 2 aromatic rings. The minimum absolute atomic E-state index is 0.0653. The molecule has 5 nitrogen and oxygen atoms in total. The third-order valence-corrected chi connectivity index (χ3v) is 4.80. The van der Waals surface area contributed by atoms with E-state index in [1.807, 2.05) is 31.2 Å². The van der Waals surface area contributed by atoms with E-state index < -0.39 is 5.25 Å². The third-order valence-electron chi connectivity index (χ3n) is 3.49. The first-order valence-corrected chi connectivity index (χ1v) is 8.94. The van der Waals surface area contributed by atoms with Crippen molar-refractivity contribution in [2.75, 3.05) is 5.32 Å². The Kier molecular flexibility index (Phi) is 5.40. The van der Waals surface area contributed by atoms with Gasteiger partial charge in [-0.1, -0.05) is 41.6 Å². The third kappa shape index (κ3) is 4.84. The molecule has 1 heterocycles. The van der Waals surface area contributed by atoms with E-state index in [-0.39, 0.29) is 18.2 Å². The van der Waals surface area contributed by atoms with Crippen molar-refractivity contribution in [3.8, 4) is 0 Å². The first-order valence-electron chi connectivity index (χ1n) is 7.68. The Labute approximate surface area is 154 Å². The second-order valence-corrected chi connectivity index (χ2v) is 7.24. The molecular weight excluding hydrogens is 358 g/mol. The van der Waals surface area contributed by atoms with Gasteiger partial charge in [-0.2, -0.15) is 0 Å². The lowest BCUT2D eigenvalue weighted by Crippen LogP contribution is -2.28. The van der Waals surface area contributed by atoms with Gasteiger partial charge in [-0.15, -0.1) is 0 Å². The molecule has 0 aromatic heterocycles. The predicted octanol–water partition coefficient (Wildman–Crippen LogP) is 3.90. The number of hydrogen-bond acceptors (Lipinski definition) is 4. The van der Waals surface area contributed by atoms with Crippen LogP contribution in [0.1, 0.15) is 12.0 Å². The fourth-order valence-electron chi connectivity index (χ4n) is 2.35. The van der Waals surface area contributed by atoms with Gasteiger partial charge in [0.05, 0.1) is 5.69 Å². The molecule has 0 saturated carbocycles. The first-order chi connectivity index (χ1) is 12.0. The molecule has 2 aromatic carbocycles. The highest BCUT2D eigenvalue weighted by atomic mass is 35.5. The average Bonchev–Trinajstić information content (AvgIpc) is 2.86. The largest absolute Gasteiger partial charge is 0.326 e. The fraction of sp³-hybridized carbons (Fsp3) is 0.167. The summed E-state index contributed by atoms with van der Waals surface area (Å²) in [7, 11) is 0. The zero-order valence-electron chi connectivity index (χ0n) is 13.5. The van der Waals surface area contributed by atoms with Gasteiger partial charge in [0.15, 0.2) is 5.17 Å². The molecule has 0 spiro atoms. The van der Waals surface area contributed by atoms with Gasteiger partial charge in [0.1, 0.15) is 5.25 Å². The monoisotopic (exact) mass is 373 g/mol. The molecule has 0 aliphatic carbocycles. The molecule has 2 amide bonds. The first kappa shape index (κ1) is 17.5. The highest BCUT2D eigenvalue weighted by molar-refractivity contribution is 8.15. The summed E-state index contributed by atoms with van der Waals surface area (Å²) < 4.78 is 0. The van der Waals surface area contributed by atoms with E-state index in [2.05, 4.69) is 15.6 Å². The lowest BCUT2D eigenvalue weighted by atomic mass is 10.2. The van der Waals surface area contributed by atoms with Crippen molar-refractivity contribution in [3.05, 3.63) is 59.1 Å². The van der Waals surface area contributed by atoms with Crippen LogP contribution < -0.4 is 10.6 Å². The van der Waals surface area contributed by atoms with E-state index in [1.165, 1.54) is 11.8 Å². The van der Waals surface area contributed by atoms with Gasteiger partial charge in [0.2, 0.25) is 11.8 Å². The molecular formula is C18H16ClN3O2S. The molecule has 7 heteroatoms. The Morgan fingerprint density at radius 1 is 1.28 bits per heavy atom. The number of carbonyl (C=O) groups excluding carboxylic acids is 2.